The van der Waals surface area contributed by atoms with E-state index >= 15 is 0 Å². The molecule has 2 nitrogen and oxygen atoms in total. The summed E-state index contributed by atoms with van der Waals surface area (Å²) in [5.74, 6) is 0. The fraction of sp³-hybridized carbons (Fsp3) is 0. The zero-order chi connectivity index (χ0) is 10.3. The first kappa shape index (κ1) is 10.3. The molecule has 14 heavy (non-hydrogen) atoms. The van der Waals surface area contributed by atoms with Crippen molar-refractivity contribution < 1.29 is 0 Å². The van der Waals surface area contributed by atoms with Crippen LogP contribution < -0.4 is 0 Å². The van der Waals surface area contributed by atoms with Crippen LogP contribution in [0.5, 0.6) is 0 Å². The lowest BCUT2D eigenvalue weighted by atomic mass is 10.4. The lowest BCUT2D eigenvalue weighted by molar-refractivity contribution is 1.30. The Balaban J connectivity index is 3.02. The van der Waals surface area contributed by atoms with E-state index < -0.39 is 0 Å². The van der Waals surface area contributed by atoms with Gasteiger partial charge in [-0.25, -0.2) is 4.98 Å². The number of pyridine rings is 1. The molecule has 0 amide bonds. The summed E-state index contributed by atoms with van der Waals surface area (Å²) >= 11 is 19.6. The van der Waals surface area contributed by atoms with E-state index in [1.165, 1.54) is 22.7 Å². The van der Waals surface area contributed by atoms with Crippen molar-refractivity contribution in [1.82, 2.24) is 4.98 Å². The number of hydrogen-bond acceptors (Lipinski definition) is 5. The third-order valence-electron chi connectivity index (χ3n) is 1.49. The normalized spacial score (nSPS) is 10.4. The highest BCUT2D eigenvalue weighted by molar-refractivity contribution is 7.77. The van der Waals surface area contributed by atoms with Crippen LogP contribution in [0.4, 0.5) is 0 Å². The summed E-state index contributed by atoms with van der Waals surface area (Å²) in [6, 6.07) is 1.89. The van der Waals surface area contributed by atoms with Crippen LogP contribution in [0.3, 0.4) is 0 Å². The van der Waals surface area contributed by atoms with Gasteiger partial charge in [0.25, 0.3) is 0 Å². The van der Waals surface area contributed by atoms with Gasteiger partial charge in [-0.3, -0.25) is 0 Å². The molecule has 7 heteroatoms. The second-order valence-electron chi connectivity index (χ2n) is 2.29. The maximum absolute atomic E-state index is 8.74. The van der Waals surface area contributed by atoms with Gasteiger partial charge in [-0.05, 0) is 0 Å². The van der Waals surface area contributed by atoms with Gasteiger partial charge in [-0.1, -0.05) is 35.4 Å². The van der Waals surface area contributed by atoms with Gasteiger partial charge in [0.05, 0.1) is 14.4 Å². The molecule has 0 saturated heterocycles. The molecule has 0 radical (unpaired) electrons. The highest BCUT2D eigenvalue weighted by Crippen LogP contribution is 2.38. The average Bonchev–Trinajstić information content (AvgIpc) is 2.54. The number of halogens is 2. The van der Waals surface area contributed by atoms with E-state index in [-0.39, 0.29) is 5.69 Å². The van der Waals surface area contributed by atoms with Crippen LogP contribution in [0.15, 0.2) is 0 Å². The van der Waals surface area contributed by atoms with E-state index in [0.717, 1.165) is 12.5 Å². The largest absolute Gasteiger partial charge is 0.222 e. The van der Waals surface area contributed by atoms with Gasteiger partial charge in [0.1, 0.15) is 14.4 Å². The maximum Gasteiger partial charge on any atom is 0.162 e. The molecule has 0 aliphatic carbocycles. The summed E-state index contributed by atoms with van der Waals surface area (Å²) in [6.07, 6.45) is 0. The van der Waals surface area contributed by atoms with Crippen molar-refractivity contribution in [2.45, 2.75) is 0 Å². The molecule has 0 aromatic carbocycles. The minimum Gasteiger partial charge on any atom is -0.222 e. The molecule has 2 rings (SSSR count). The summed E-state index contributed by atoms with van der Waals surface area (Å²) < 4.78 is 2.23. The molecule has 0 unspecified atom stereocenters. The Morgan fingerprint density at radius 1 is 1.29 bits per heavy atom. The number of nitriles is 1. The molecule has 2 heterocycles. The van der Waals surface area contributed by atoms with E-state index in [1.54, 1.807) is 0 Å². The molecule has 0 aliphatic heterocycles. The van der Waals surface area contributed by atoms with Gasteiger partial charge in [-0.2, -0.15) is 5.26 Å². The summed E-state index contributed by atoms with van der Waals surface area (Å²) in [5.41, 5.74) is 0.146. The van der Waals surface area contributed by atoms with E-state index in [2.05, 4.69) is 4.98 Å². The van der Waals surface area contributed by atoms with Crippen molar-refractivity contribution >= 4 is 67.5 Å². The Hall–Kier alpha value is -0.250. The molecule has 2 aromatic heterocycles. The highest BCUT2D eigenvalue weighted by Gasteiger charge is 2.13. The zero-order valence-electron chi connectivity index (χ0n) is 6.38. The fourth-order valence-electron chi connectivity index (χ4n) is 0.940. The van der Waals surface area contributed by atoms with Crippen LogP contribution in [-0.2, 0) is 0 Å². The van der Waals surface area contributed by atoms with Gasteiger partial charge in [-0.15, -0.1) is 22.7 Å². The van der Waals surface area contributed by atoms with Crippen molar-refractivity contribution in [3.05, 3.63) is 19.0 Å². The quantitative estimate of drug-likeness (QED) is 0.534. The first-order valence-corrected chi connectivity index (χ1v) is 6.12. The molecule has 0 fully saturated rings. The summed E-state index contributed by atoms with van der Waals surface area (Å²) in [7, 11) is 0. The molecule has 0 N–H and O–H groups in total. The highest BCUT2D eigenvalue weighted by atomic mass is 35.5. The Bertz CT molecular complexity index is 608. The predicted octanol–water partition coefficient (Wildman–Crippen LogP) is 4.27. The van der Waals surface area contributed by atoms with E-state index in [0.29, 0.717) is 10.2 Å². The predicted molar refractivity (Wildman–Crippen MR) is 63.1 cm³/mol. The van der Waals surface area contributed by atoms with Crippen molar-refractivity contribution in [3.8, 4) is 6.07 Å². The molecule has 0 bridgehead atoms. The smallest absolute Gasteiger partial charge is 0.162 e. The SMILES string of the molecule is N#Cc1nc(Cl)c2sc(=S)sc2c1Cl. The standard InChI is InChI=1S/C7Cl2N2S3/c8-3-2(1-10)11-6(9)5-4(3)13-7(12)14-5. The van der Waals surface area contributed by atoms with Crippen LogP contribution in [0.2, 0.25) is 10.2 Å². The van der Waals surface area contributed by atoms with Crippen molar-refractivity contribution in [2.75, 3.05) is 0 Å². The summed E-state index contributed by atoms with van der Waals surface area (Å²) in [5, 5.41) is 9.36. The van der Waals surface area contributed by atoms with Crippen LogP contribution in [0.25, 0.3) is 9.40 Å². The first-order valence-electron chi connectivity index (χ1n) is 3.32. The van der Waals surface area contributed by atoms with E-state index in [9.17, 15) is 0 Å². The van der Waals surface area contributed by atoms with Gasteiger partial charge in [0, 0.05) is 0 Å². The molecule has 2 aromatic rings. The number of aromatic nitrogens is 1. The van der Waals surface area contributed by atoms with Gasteiger partial charge >= 0.3 is 0 Å². The Labute approximate surface area is 102 Å². The average molecular weight is 279 g/mol. The Morgan fingerprint density at radius 3 is 2.57 bits per heavy atom. The molecular weight excluding hydrogens is 279 g/mol. The molecule has 0 spiro atoms. The summed E-state index contributed by atoms with van der Waals surface area (Å²) in [4.78, 5) is 3.88. The number of nitrogens with zero attached hydrogens (tertiary/aromatic N) is 2. The molecule has 0 aliphatic rings. The lowest BCUT2D eigenvalue weighted by Crippen LogP contribution is -1.84. The first-order chi connectivity index (χ1) is 6.63. The van der Waals surface area contributed by atoms with Crippen LogP contribution in [-0.4, -0.2) is 4.98 Å². The zero-order valence-corrected chi connectivity index (χ0v) is 10.3. The second-order valence-corrected chi connectivity index (χ2v) is 6.25. The molecule has 0 saturated carbocycles. The van der Waals surface area contributed by atoms with Gasteiger partial charge < -0.3 is 0 Å². The van der Waals surface area contributed by atoms with Crippen LogP contribution in [0.1, 0.15) is 5.69 Å². The molecular formula is C7Cl2N2S3. The maximum atomic E-state index is 8.74. The van der Waals surface area contributed by atoms with Crippen molar-refractivity contribution in [1.29, 1.82) is 5.26 Å². The summed E-state index contributed by atoms with van der Waals surface area (Å²) in [6.45, 7) is 0. The minimum absolute atomic E-state index is 0.146. The number of fused-ring (bicyclic) bond motifs is 1. The number of rotatable bonds is 0. The molecule has 0 atom stereocenters. The van der Waals surface area contributed by atoms with E-state index in [4.69, 9.17) is 40.7 Å². The lowest BCUT2D eigenvalue weighted by Gasteiger charge is -1.96. The van der Waals surface area contributed by atoms with Gasteiger partial charge in [0.2, 0.25) is 0 Å². The van der Waals surface area contributed by atoms with Crippen LogP contribution >= 0.6 is 58.1 Å². The Kier molecular flexibility index (Phi) is 2.73. The fourth-order valence-corrected chi connectivity index (χ4v) is 4.09. The Morgan fingerprint density at radius 2 is 1.93 bits per heavy atom. The molecule has 70 valence electrons. The van der Waals surface area contributed by atoms with Gasteiger partial charge in [0.15, 0.2) is 5.69 Å². The van der Waals surface area contributed by atoms with E-state index in [1.807, 2.05) is 6.07 Å². The third-order valence-corrected chi connectivity index (χ3v) is 5.03. The number of hydrogen-bond donors (Lipinski definition) is 0. The van der Waals surface area contributed by atoms with Crippen molar-refractivity contribution in [2.24, 2.45) is 0 Å². The third kappa shape index (κ3) is 1.53. The van der Waals surface area contributed by atoms with Crippen LogP contribution in [0, 0.1) is 14.5 Å². The minimum atomic E-state index is 0.146. The topological polar surface area (TPSA) is 36.7 Å². The second kappa shape index (κ2) is 3.72. The monoisotopic (exact) mass is 278 g/mol. The van der Waals surface area contributed by atoms with Crippen molar-refractivity contribution in [3.63, 3.8) is 0 Å².